The lowest BCUT2D eigenvalue weighted by Crippen LogP contribution is -2.24. The van der Waals surface area contributed by atoms with Gasteiger partial charge in [-0.15, -0.1) is 21.5 Å². The molecule has 0 radical (unpaired) electrons. The third-order valence-corrected chi connectivity index (χ3v) is 8.71. The van der Waals surface area contributed by atoms with Gasteiger partial charge in [-0.1, -0.05) is 24.2 Å². The molecule has 0 spiro atoms. The zero-order valence-electron chi connectivity index (χ0n) is 22.4. The number of amides is 2. The predicted octanol–water partition coefficient (Wildman–Crippen LogP) is 4.20. The molecule has 1 aliphatic rings. The fourth-order valence-corrected chi connectivity index (χ4v) is 6.40. The van der Waals surface area contributed by atoms with Gasteiger partial charge in [0.15, 0.2) is 11.0 Å². The molecule has 14 heteroatoms. The van der Waals surface area contributed by atoms with Gasteiger partial charge in [-0.25, -0.2) is 4.79 Å². The van der Waals surface area contributed by atoms with Crippen molar-refractivity contribution in [2.75, 3.05) is 17.7 Å². The van der Waals surface area contributed by atoms with E-state index in [4.69, 9.17) is 4.74 Å². The highest BCUT2D eigenvalue weighted by Crippen LogP contribution is 2.38. The second-order valence-electron chi connectivity index (χ2n) is 9.22. The van der Waals surface area contributed by atoms with E-state index in [2.05, 4.69) is 20.8 Å². The summed E-state index contributed by atoms with van der Waals surface area (Å²) in [4.78, 5) is 49.9. The zero-order chi connectivity index (χ0) is 28.8. The van der Waals surface area contributed by atoms with Crippen molar-refractivity contribution in [1.29, 1.82) is 0 Å². The third-order valence-electron chi connectivity index (χ3n) is 6.49. The summed E-state index contributed by atoms with van der Waals surface area (Å²) in [5.74, 6) is -0.692. The zero-order valence-corrected chi connectivity index (χ0v) is 24.1. The van der Waals surface area contributed by atoms with Crippen LogP contribution in [0.5, 0.6) is 0 Å². The molecule has 0 fully saturated rings. The Kier molecular flexibility index (Phi) is 9.53. The molecule has 0 unspecified atom stereocenters. The molecule has 1 aromatic carbocycles. The monoisotopic (exact) mass is 586 g/mol. The molecule has 0 bridgehead atoms. The van der Waals surface area contributed by atoms with Gasteiger partial charge < -0.3 is 19.9 Å². The molecule has 4 rings (SSSR count). The van der Waals surface area contributed by atoms with E-state index in [1.165, 1.54) is 41.3 Å². The summed E-state index contributed by atoms with van der Waals surface area (Å²) in [6.45, 7) is 3.66. The molecule has 2 amide bonds. The molecule has 0 saturated carbocycles. The standard InChI is InChI=1S/C26H30N6O6S2/c1-4-38-25(35)22-17-8-6-5-7-9-19(17)40-24(22)28-21(33)14-39-26-30-29-20(31(26)3)13-27-23(34)16-11-10-15(2)18(12-16)32(36)37/h10-12H,4-9,13-14H2,1-3H3,(H,27,34)(H,28,33). The van der Waals surface area contributed by atoms with Gasteiger partial charge in [-0.3, -0.25) is 19.7 Å². The normalized spacial score (nSPS) is 12.8. The number of hydrogen-bond donors (Lipinski definition) is 2. The predicted molar refractivity (Wildman–Crippen MR) is 151 cm³/mol. The van der Waals surface area contributed by atoms with Gasteiger partial charge in [-0.2, -0.15) is 0 Å². The Balaban J connectivity index is 1.37. The lowest BCUT2D eigenvalue weighted by atomic mass is 10.1. The molecule has 1 aliphatic carbocycles. The molecule has 2 aromatic heterocycles. The number of nitro groups is 1. The van der Waals surface area contributed by atoms with E-state index in [-0.39, 0.29) is 36.1 Å². The summed E-state index contributed by atoms with van der Waals surface area (Å²) >= 11 is 2.62. The van der Waals surface area contributed by atoms with E-state index in [0.29, 0.717) is 27.1 Å². The number of rotatable bonds is 10. The number of fused-ring (bicyclic) bond motifs is 1. The summed E-state index contributed by atoms with van der Waals surface area (Å²) in [7, 11) is 1.72. The van der Waals surface area contributed by atoms with Crippen LogP contribution in [0.1, 0.15) is 68.7 Å². The summed E-state index contributed by atoms with van der Waals surface area (Å²) < 4.78 is 6.94. The number of nitro benzene ring substituents is 1. The fraction of sp³-hybridized carbons (Fsp3) is 0.423. The summed E-state index contributed by atoms with van der Waals surface area (Å²) in [5.41, 5.74) is 1.96. The Morgan fingerprint density at radius 1 is 1.20 bits per heavy atom. The van der Waals surface area contributed by atoms with Crippen LogP contribution in [-0.2, 0) is 36.0 Å². The maximum Gasteiger partial charge on any atom is 0.341 e. The van der Waals surface area contributed by atoms with Crippen LogP contribution in [0.15, 0.2) is 23.4 Å². The van der Waals surface area contributed by atoms with Crippen LogP contribution in [0, 0.1) is 17.0 Å². The second kappa shape index (κ2) is 13.0. The Bertz CT molecular complexity index is 1450. The number of nitrogens with zero attached hydrogens (tertiary/aromatic N) is 4. The lowest BCUT2D eigenvalue weighted by Gasteiger charge is -2.09. The number of carbonyl (C=O) groups excluding carboxylic acids is 3. The topological polar surface area (TPSA) is 158 Å². The van der Waals surface area contributed by atoms with E-state index < -0.39 is 16.8 Å². The van der Waals surface area contributed by atoms with Gasteiger partial charge in [0.2, 0.25) is 5.91 Å². The van der Waals surface area contributed by atoms with Crippen molar-refractivity contribution in [2.45, 2.75) is 57.7 Å². The van der Waals surface area contributed by atoms with Crippen molar-refractivity contribution in [1.82, 2.24) is 20.1 Å². The first-order valence-electron chi connectivity index (χ1n) is 12.8. The maximum atomic E-state index is 12.8. The van der Waals surface area contributed by atoms with Crippen LogP contribution in [0.3, 0.4) is 0 Å². The third kappa shape index (κ3) is 6.67. The Morgan fingerprint density at radius 3 is 2.73 bits per heavy atom. The minimum atomic E-state index is -0.528. The van der Waals surface area contributed by atoms with Crippen LogP contribution in [0.25, 0.3) is 0 Å². The molecule has 2 heterocycles. The average molecular weight is 587 g/mol. The van der Waals surface area contributed by atoms with Gasteiger partial charge in [-0.05, 0) is 51.2 Å². The molecule has 40 heavy (non-hydrogen) atoms. The van der Waals surface area contributed by atoms with Crippen molar-refractivity contribution in [3.8, 4) is 0 Å². The van der Waals surface area contributed by atoms with Crippen LogP contribution >= 0.6 is 23.1 Å². The number of esters is 1. The SMILES string of the molecule is CCOC(=O)c1c(NC(=O)CSc2nnc(CNC(=O)c3ccc(C)c([N+](=O)[O-])c3)n2C)sc2c1CCCCC2. The van der Waals surface area contributed by atoms with Crippen molar-refractivity contribution >= 4 is 51.6 Å². The molecule has 12 nitrogen and oxygen atoms in total. The van der Waals surface area contributed by atoms with E-state index in [1.54, 1.807) is 25.5 Å². The van der Waals surface area contributed by atoms with E-state index >= 15 is 0 Å². The van der Waals surface area contributed by atoms with Gasteiger partial charge >= 0.3 is 5.97 Å². The number of aromatic nitrogens is 3. The van der Waals surface area contributed by atoms with Crippen LogP contribution in [-0.4, -0.2) is 49.8 Å². The molecule has 3 aromatic rings. The lowest BCUT2D eigenvalue weighted by molar-refractivity contribution is -0.385. The van der Waals surface area contributed by atoms with E-state index in [1.807, 2.05) is 0 Å². The first-order valence-corrected chi connectivity index (χ1v) is 14.7. The second-order valence-corrected chi connectivity index (χ2v) is 11.3. The van der Waals surface area contributed by atoms with Gasteiger partial charge in [0, 0.05) is 29.1 Å². The Labute approximate surface area is 239 Å². The van der Waals surface area contributed by atoms with Crippen LogP contribution in [0.2, 0.25) is 0 Å². The smallest absolute Gasteiger partial charge is 0.341 e. The van der Waals surface area contributed by atoms with E-state index in [0.717, 1.165) is 42.5 Å². The number of benzene rings is 1. The highest BCUT2D eigenvalue weighted by atomic mass is 32.2. The molecule has 0 aliphatic heterocycles. The van der Waals surface area contributed by atoms with Crippen molar-refractivity contribution in [3.05, 3.63) is 61.3 Å². The number of thioether (sulfide) groups is 1. The summed E-state index contributed by atoms with van der Waals surface area (Å²) in [6.07, 6.45) is 4.85. The molecule has 212 valence electrons. The number of anilines is 1. The van der Waals surface area contributed by atoms with E-state index in [9.17, 15) is 24.5 Å². The molecule has 2 N–H and O–H groups in total. The van der Waals surface area contributed by atoms with Gasteiger partial charge in [0.05, 0.1) is 29.4 Å². The quantitative estimate of drug-likeness (QED) is 0.117. The number of carbonyl (C=O) groups is 3. The average Bonchev–Trinajstić information content (AvgIpc) is 3.35. The number of hydrogen-bond acceptors (Lipinski definition) is 10. The van der Waals surface area contributed by atoms with Crippen molar-refractivity contribution < 1.29 is 24.0 Å². The maximum absolute atomic E-state index is 12.8. The summed E-state index contributed by atoms with van der Waals surface area (Å²) in [6, 6.07) is 4.28. The summed E-state index contributed by atoms with van der Waals surface area (Å²) in [5, 5.41) is 26.0. The first-order chi connectivity index (χ1) is 19.2. The molecular weight excluding hydrogens is 556 g/mol. The van der Waals surface area contributed by atoms with Gasteiger partial charge in [0.25, 0.3) is 11.6 Å². The van der Waals surface area contributed by atoms with Crippen molar-refractivity contribution in [2.24, 2.45) is 7.05 Å². The largest absolute Gasteiger partial charge is 0.462 e. The minimum absolute atomic E-state index is 0.0379. The highest BCUT2D eigenvalue weighted by Gasteiger charge is 2.27. The number of nitrogens with one attached hydrogen (secondary N) is 2. The molecule has 0 atom stereocenters. The molecule has 0 saturated heterocycles. The van der Waals surface area contributed by atoms with Crippen LogP contribution < -0.4 is 10.6 Å². The number of ether oxygens (including phenoxy) is 1. The Hall–Kier alpha value is -3.78. The fourth-order valence-electron chi connectivity index (χ4n) is 4.38. The number of thiophene rings is 1. The van der Waals surface area contributed by atoms with Crippen molar-refractivity contribution in [3.63, 3.8) is 0 Å². The Morgan fingerprint density at radius 2 is 1.98 bits per heavy atom. The molecular formula is C26H30N6O6S2. The van der Waals surface area contributed by atoms with Gasteiger partial charge in [0.1, 0.15) is 5.00 Å². The van der Waals surface area contributed by atoms with Crippen LogP contribution in [0.4, 0.5) is 10.7 Å². The minimum Gasteiger partial charge on any atom is -0.462 e. The highest BCUT2D eigenvalue weighted by molar-refractivity contribution is 7.99. The first kappa shape index (κ1) is 29.2. The number of aryl methyl sites for hydroxylation is 2.